The van der Waals surface area contributed by atoms with Gasteiger partial charge in [-0.05, 0) is 24.3 Å². The van der Waals surface area contributed by atoms with Crippen LogP contribution in [0.3, 0.4) is 0 Å². The minimum Gasteiger partial charge on any atom is -0.504 e. The second-order valence-corrected chi connectivity index (χ2v) is 5.33. The Kier molecular flexibility index (Phi) is 4.25. The molecule has 0 spiro atoms. The van der Waals surface area contributed by atoms with Gasteiger partial charge in [-0.3, -0.25) is 4.79 Å². The molecule has 3 N–H and O–H groups in total. The van der Waals surface area contributed by atoms with Gasteiger partial charge in [0, 0.05) is 5.56 Å². The molecule has 0 fully saturated rings. The van der Waals surface area contributed by atoms with Crippen molar-refractivity contribution in [3.05, 3.63) is 34.5 Å². The Bertz CT molecular complexity index is 1030. The molecule has 0 radical (unpaired) electrons. The maximum absolute atomic E-state index is 12.5. The quantitative estimate of drug-likeness (QED) is 0.608. The molecule has 0 saturated heterocycles. The maximum atomic E-state index is 12.5. The number of hydrogen-bond acceptors (Lipinski definition) is 8. The lowest BCUT2D eigenvalue weighted by Crippen LogP contribution is -2.03. The van der Waals surface area contributed by atoms with Crippen LogP contribution in [0.1, 0.15) is 0 Å². The fourth-order valence-corrected chi connectivity index (χ4v) is 2.65. The number of phenols is 2. The number of rotatable bonds is 4. The highest BCUT2D eigenvalue weighted by Crippen LogP contribution is 2.43. The summed E-state index contributed by atoms with van der Waals surface area (Å²) in [6.45, 7) is 0. The summed E-state index contributed by atoms with van der Waals surface area (Å²) in [5.41, 5.74) is -0.598. The van der Waals surface area contributed by atoms with Crippen molar-refractivity contribution in [2.75, 3.05) is 21.3 Å². The van der Waals surface area contributed by atoms with Gasteiger partial charge in [0.1, 0.15) is 11.0 Å². The standard InChI is InChI=1S/C18H16O8/c1-23-11-6-8(7-12(24-2)18(11)25-3)17-16(22)15(21)13-10(26-17)5-4-9(19)14(13)20/h4-7,19-20,22H,1-3H3. The van der Waals surface area contributed by atoms with Crippen LogP contribution >= 0.6 is 0 Å². The Morgan fingerprint density at radius 1 is 0.885 bits per heavy atom. The van der Waals surface area contributed by atoms with Gasteiger partial charge < -0.3 is 33.9 Å². The van der Waals surface area contributed by atoms with E-state index in [4.69, 9.17) is 18.6 Å². The molecule has 26 heavy (non-hydrogen) atoms. The number of ether oxygens (including phenoxy) is 3. The van der Waals surface area contributed by atoms with Gasteiger partial charge in [-0.1, -0.05) is 0 Å². The van der Waals surface area contributed by atoms with E-state index in [9.17, 15) is 20.1 Å². The first kappa shape index (κ1) is 17.3. The van der Waals surface area contributed by atoms with Gasteiger partial charge in [0.2, 0.25) is 16.9 Å². The molecule has 0 aliphatic carbocycles. The molecule has 8 nitrogen and oxygen atoms in total. The molecular weight excluding hydrogens is 344 g/mol. The lowest BCUT2D eigenvalue weighted by Gasteiger charge is -2.14. The molecule has 3 rings (SSSR count). The largest absolute Gasteiger partial charge is 0.504 e. The molecule has 2 aromatic carbocycles. The van der Waals surface area contributed by atoms with Crippen molar-refractivity contribution < 1.29 is 33.9 Å². The maximum Gasteiger partial charge on any atom is 0.238 e. The molecule has 0 bridgehead atoms. The zero-order chi connectivity index (χ0) is 19.0. The van der Waals surface area contributed by atoms with E-state index in [0.717, 1.165) is 0 Å². The van der Waals surface area contributed by atoms with E-state index in [-0.39, 0.29) is 16.7 Å². The summed E-state index contributed by atoms with van der Waals surface area (Å²) in [5, 5.41) is 29.4. The molecule has 0 amide bonds. The highest BCUT2D eigenvalue weighted by atomic mass is 16.5. The zero-order valence-electron chi connectivity index (χ0n) is 14.2. The van der Waals surface area contributed by atoms with Crippen LogP contribution in [0, 0.1) is 0 Å². The normalized spacial score (nSPS) is 10.7. The van der Waals surface area contributed by atoms with Crippen LogP contribution in [0.2, 0.25) is 0 Å². The van der Waals surface area contributed by atoms with Crippen molar-refractivity contribution in [3.63, 3.8) is 0 Å². The summed E-state index contributed by atoms with van der Waals surface area (Å²) < 4.78 is 21.3. The molecule has 0 unspecified atom stereocenters. The molecule has 0 atom stereocenters. The Morgan fingerprint density at radius 2 is 1.50 bits per heavy atom. The minimum absolute atomic E-state index is 0.00754. The summed E-state index contributed by atoms with van der Waals surface area (Å²) in [6, 6.07) is 5.50. The SMILES string of the molecule is COc1cc(-c2oc3ccc(O)c(O)c3c(=O)c2O)cc(OC)c1OC. The summed E-state index contributed by atoms with van der Waals surface area (Å²) >= 11 is 0. The van der Waals surface area contributed by atoms with Gasteiger partial charge in [-0.25, -0.2) is 0 Å². The van der Waals surface area contributed by atoms with Crippen molar-refractivity contribution >= 4 is 11.0 Å². The smallest absolute Gasteiger partial charge is 0.238 e. The second kappa shape index (κ2) is 6.40. The van der Waals surface area contributed by atoms with Crippen LogP contribution in [0.25, 0.3) is 22.3 Å². The highest BCUT2D eigenvalue weighted by Gasteiger charge is 2.22. The summed E-state index contributed by atoms with van der Waals surface area (Å²) in [7, 11) is 4.31. The molecular formula is C18H16O8. The fraction of sp³-hybridized carbons (Fsp3) is 0.167. The molecule has 0 aliphatic heterocycles. The lowest BCUT2D eigenvalue weighted by molar-refractivity contribution is 0.324. The van der Waals surface area contributed by atoms with Crippen molar-refractivity contribution in [2.24, 2.45) is 0 Å². The average Bonchev–Trinajstić information content (AvgIpc) is 2.65. The Hall–Kier alpha value is -3.55. The van der Waals surface area contributed by atoms with Gasteiger partial charge >= 0.3 is 0 Å². The Labute approximate surface area is 147 Å². The van der Waals surface area contributed by atoms with Crippen molar-refractivity contribution in [3.8, 4) is 45.8 Å². The molecule has 1 heterocycles. The summed E-state index contributed by atoms with van der Waals surface area (Å²) in [6.07, 6.45) is 0. The first-order chi connectivity index (χ1) is 12.4. The lowest BCUT2D eigenvalue weighted by atomic mass is 10.1. The fourth-order valence-electron chi connectivity index (χ4n) is 2.65. The van der Waals surface area contributed by atoms with Crippen molar-refractivity contribution in [1.82, 2.24) is 0 Å². The average molecular weight is 360 g/mol. The third-order valence-corrected chi connectivity index (χ3v) is 3.91. The van der Waals surface area contributed by atoms with Crippen LogP contribution in [0.5, 0.6) is 34.5 Å². The van der Waals surface area contributed by atoms with Gasteiger partial charge in [0.15, 0.2) is 28.8 Å². The van der Waals surface area contributed by atoms with E-state index in [2.05, 4.69) is 0 Å². The zero-order valence-corrected chi connectivity index (χ0v) is 14.2. The molecule has 8 heteroatoms. The van der Waals surface area contributed by atoms with E-state index < -0.39 is 22.7 Å². The van der Waals surface area contributed by atoms with Crippen molar-refractivity contribution in [2.45, 2.75) is 0 Å². The van der Waals surface area contributed by atoms with E-state index >= 15 is 0 Å². The first-order valence-electron chi connectivity index (χ1n) is 7.44. The van der Waals surface area contributed by atoms with E-state index in [1.807, 2.05) is 0 Å². The van der Waals surface area contributed by atoms with E-state index in [0.29, 0.717) is 22.8 Å². The number of methoxy groups -OCH3 is 3. The summed E-state index contributed by atoms with van der Waals surface area (Å²) in [5.74, 6) is -1.09. The predicted molar refractivity (Wildman–Crippen MR) is 92.6 cm³/mol. The van der Waals surface area contributed by atoms with Crippen LogP contribution in [-0.4, -0.2) is 36.6 Å². The molecule has 0 saturated carbocycles. The second-order valence-electron chi connectivity index (χ2n) is 5.33. The highest BCUT2D eigenvalue weighted by molar-refractivity contribution is 5.89. The molecule has 1 aromatic heterocycles. The number of aromatic hydroxyl groups is 3. The first-order valence-corrected chi connectivity index (χ1v) is 7.44. The van der Waals surface area contributed by atoms with Gasteiger partial charge in [-0.15, -0.1) is 0 Å². The third-order valence-electron chi connectivity index (χ3n) is 3.91. The Morgan fingerprint density at radius 3 is 2.04 bits per heavy atom. The molecule has 136 valence electrons. The van der Waals surface area contributed by atoms with Crippen molar-refractivity contribution in [1.29, 1.82) is 0 Å². The third kappa shape index (κ3) is 2.52. The predicted octanol–water partition coefficient (Wildman–Crippen LogP) is 2.60. The number of hydrogen-bond donors (Lipinski definition) is 3. The monoisotopic (exact) mass is 360 g/mol. The Balaban J connectivity index is 2.35. The van der Waals surface area contributed by atoms with Crippen LogP contribution in [0.4, 0.5) is 0 Å². The van der Waals surface area contributed by atoms with Crippen LogP contribution in [-0.2, 0) is 0 Å². The number of fused-ring (bicyclic) bond motifs is 1. The van der Waals surface area contributed by atoms with Gasteiger partial charge in [0.25, 0.3) is 0 Å². The van der Waals surface area contributed by atoms with Gasteiger partial charge in [0.05, 0.1) is 21.3 Å². The molecule has 0 aliphatic rings. The van der Waals surface area contributed by atoms with Gasteiger partial charge in [-0.2, -0.15) is 0 Å². The number of phenolic OH excluding ortho intramolecular Hbond substituents is 2. The van der Waals surface area contributed by atoms with Crippen LogP contribution < -0.4 is 19.6 Å². The molecule has 3 aromatic rings. The van der Waals surface area contributed by atoms with Crippen LogP contribution in [0.15, 0.2) is 33.5 Å². The topological polar surface area (TPSA) is 119 Å². The number of benzene rings is 2. The summed E-state index contributed by atoms with van der Waals surface area (Å²) in [4.78, 5) is 12.5. The van der Waals surface area contributed by atoms with E-state index in [1.54, 1.807) is 0 Å². The minimum atomic E-state index is -0.886. The van der Waals surface area contributed by atoms with E-state index in [1.165, 1.54) is 45.6 Å².